The molecule has 0 aliphatic rings. The molecule has 0 aliphatic heterocycles. The summed E-state index contributed by atoms with van der Waals surface area (Å²) in [6.45, 7) is 0. The van der Waals surface area contributed by atoms with Gasteiger partial charge in [-0.1, -0.05) is 0 Å². The first kappa shape index (κ1) is 7.42. The summed E-state index contributed by atoms with van der Waals surface area (Å²) >= 11 is 3.70. The van der Waals surface area contributed by atoms with Crippen molar-refractivity contribution in [2.45, 2.75) is 0 Å². The van der Waals surface area contributed by atoms with Crippen molar-refractivity contribution < 1.29 is 0 Å². The minimum atomic E-state index is 0.316. The first-order valence-corrected chi connectivity index (χ1v) is 3.53. The Balaban J connectivity index is 3.98. The summed E-state index contributed by atoms with van der Waals surface area (Å²) < 4.78 is 0. The average molecular weight is 142 g/mol. The Morgan fingerprint density at radius 2 is 2.25 bits per heavy atom. The number of hydrogen-bond donors (Lipinski definition) is 1. The second kappa shape index (κ2) is 4.58. The van der Waals surface area contributed by atoms with Crippen molar-refractivity contribution in [2.24, 2.45) is 0 Å². The molecule has 0 aromatic carbocycles. The van der Waals surface area contributed by atoms with Gasteiger partial charge in [-0.2, -0.15) is 10.5 Å². The minimum absolute atomic E-state index is 0.316. The Morgan fingerprint density at radius 1 is 1.62 bits per heavy atom. The van der Waals surface area contributed by atoms with E-state index in [4.69, 9.17) is 10.5 Å². The quantitative estimate of drug-likeness (QED) is 0.343. The number of nitriles is 2. The maximum absolute atomic E-state index is 8.12. The van der Waals surface area contributed by atoms with Gasteiger partial charge in [0.2, 0.25) is 0 Å². The van der Waals surface area contributed by atoms with Crippen molar-refractivity contribution in [3.63, 3.8) is 0 Å². The zero-order valence-electron chi connectivity index (χ0n) is 3.83. The zero-order valence-corrected chi connectivity index (χ0v) is 5.54. The fourth-order valence-electron chi connectivity index (χ4n) is 0.138. The molecule has 0 N–H and O–H groups in total. The maximum Gasteiger partial charge on any atom is 0.108 e. The van der Waals surface area contributed by atoms with Crippen LogP contribution < -0.4 is 0 Å². The molecular weight excluding hydrogens is 140 g/mol. The van der Waals surface area contributed by atoms with Crippen molar-refractivity contribution >= 4 is 22.5 Å². The normalized spacial score (nSPS) is 9.62. The number of allylic oxidation sites excluding steroid dienone is 2. The standard InChI is InChI=1S/C4H2N2S2/c5-2-1-4(3-6)8-7/h1,7H/b4-1+. The molecule has 4 heteroatoms. The highest BCUT2D eigenvalue weighted by molar-refractivity contribution is 8.70. The lowest BCUT2D eigenvalue weighted by molar-refractivity contribution is 1.51. The molecule has 0 radical (unpaired) electrons. The van der Waals surface area contributed by atoms with Gasteiger partial charge in [-0.15, -0.1) is 11.7 Å². The summed E-state index contributed by atoms with van der Waals surface area (Å²) in [5.41, 5.74) is 0. The number of nitrogens with zero attached hydrogens (tertiary/aromatic N) is 2. The minimum Gasteiger partial charge on any atom is -0.193 e. The van der Waals surface area contributed by atoms with Gasteiger partial charge in [-0.25, -0.2) is 0 Å². The number of rotatable bonds is 1. The third kappa shape index (κ3) is 2.57. The molecule has 0 rings (SSSR count). The SMILES string of the molecule is N#C/C=C(\C#N)SS. The Bertz CT molecular complexity index is 171. The third-order valence-corrected chi connectivity index (χ3v) is 1.40. The molecule has 8 heavy (non-hydrogen) atoms. The van der Waals surface area contributed by atoms with Crippen molar-refractivity contribution in [2.75, 3.05) is 0 Å². The van der Waals surface area contributed by atoms with Crippen LogP contribution in [-0.2, 0) is 0 Å². The Labute approximate surface area is 56.6 Å². The monoisotopic (exact) mass is 142 g/mol. The van der Waals surface area contributed by atoms with Gasteiger partial charge >= 0.3 is 0 Å². The highest BCUT2D eigenvalue weighted by atomic mass is 33.1. The van der Waals surface area contributed by atoms with Gasteiger partial charge in [0.1, 0.15) is 11.0 Å². The smallest absolute Gasteiger partial charge is 0.108 e. The zero-order chi connectivity index (χ0) is 6.41. The van der Waals surface area contributed by atoms with Crippen LogP contribution in [0.25, 0.3) is 0 Å². The predicted molar refractivity (Wildman–Crippen MR) is 35.9 cm³/mol. The van der Waals surface area contributed by atoms with Gasteiger partial charge in [0.15, 0.2) is 0 Å². The van der Waals surface area contributed by atoms with Gasteiger partial charge in [-0.3, -0.25) is 0 Å². The molecular formula is C4H2N2S2. The molecule has 0 bridgehead atoms. The largest absolute Gasteiger partial charge is 0.193 e. The van der Waals surface area contributed by atoms with Crippen molar-refractivity contribution in [1.82, 2.24) is 0 Å². The van der Waals surface area contributed by atoms with E-state index in [1.54, 1.807) is 12.1 Å². The molecule has 0 spiro atoms. The molecule has 0 saturated heterocycles. The lowest BCUT2D eigenvalue weighted by Crippen LogP contribution is -1.60. The van der Waals surface area contributed by atoms with Gasteiger partial charge in [-0.05, 0) is 10.8 Å². The molecule has 2 nitrogen and oxygen atoms in total. The molecule has 0 unspecified atom stereocenters. The Kier molecular flexibility index (Phi) is 4.24. The van der Waals surface area contributed by atoms with E-state index in [9.17, 15) is 0 Å². The van der Waals surface area contributed by atoms with Crippen LogP contribution in [0.4, 0.5) is 0 Å². The van der Waals surface area contributed by atoms with E-state index in [0.29, 0.717) is 4.91 Å². The molecule has 0 amide bonds. The molecule has 0 saturated carbocycles. The van der Waals surface area contributed by atoms with Gasteiger partial charge in [0.05, 0.1) is 6.07 Å². The van der Waals surface area contributed by atoms with E-state index in [1.807, 2.05) is 0 Å². The first-order valence-electron chi connectivity index (χ1n) is 1.66. The summed E-state index contributed by atoms with van der Waals surface area (Å²) in [5, 5.41) is 16.1. The van der Waals surface area contributed by atoms with Crippen LogP contribution in [0.1, 0.15) is 0 Å². The molecule has 40 valence electrons. The van der Waals surface area contributed by atoms with E-state index < -0.39 is 0 Å². The van der Waals surface area contributed by atoms with Crippen molar-refractivity contribution in [3.05, 3.63) is 11.0 Å². The summed E-state index contributed by atoms with van der Waals surface area (Å²) in [5.74, 6) is 0. The van der Waals surface area contributed by atoms with Crippen LogP contribution >= 0.6 is 22.5 Å². The summed E-state index contributed by atoms with van der Waals surface area (Å²) in [6, 6.07) is 3.49. The predicted octanol–water partition coefficient (Wildman–Crippen LogP) is 1.50. The van der Waals surface area contributed by atoms with E-state index in [2.05, 4.69) is 11.7 Å². The number of thiol groups is 1. The maximum atomic E-state index is 8.12. The fraction of sp³-hybridized carbons (Fsp3) is 0. The summed E-state index contributed by atoms with van der Waals surface area (Å²) in [7, 11) is 0.966. The van der Waals surface area contributed by atoms with Gasteiger partial charge in [0.25, 0.3) is 0 Å². The average Bonchev–Trinajstić information content (AvgIpc) is 1.83. The lowest BCUT2D eigenvalue weighted by Gasteiger charge is -1.78. The highest BCUT2D eigenvalue weighted by Crippen LogP contribution is 2.16. The molecule has 0 fully saturated rings. The summed E-state index contributed by atoms with van der Waals surface area (Å²) in [6.07, 6.45) is 1.15. The third-order valence-electron chi connectivity index (χ3n) is 0.404. The topological polar surface area (TPSA) is 47.6 Å². The van der Waals surface area contributed by atoms with Gasteiger partial charge < -0.3 is 0 Å². The van der Waals surface area contributed by atoms with E-state index >= 15 is 0 Å². The van der Waals surface area contributed by atoms with E-state index in [1.165, 1.54) is 0 Å². The van der Waals surface area contributed by atoms with Crippen LogP contribution in [0.2, 0.25) is 0 Å². The summed E-state index contributed by atoms with van der Waals surface area (Å²) in [4.78, 5) is 0.316. The first-order chi connectivity index (χ1) is 3.85. The van der Waals surface area contributed by atoms with Crippen molar-refractivity contribution in [1.29, 1.82) is 10.5 Å². The van der Waals surface area contributed by atoms with Crippen LogP contribution in [0.15, 0.2) is 11.0 Å². The van der Waals surface area contributed by atoms with Crippen LogP contribution in [0.3, 0.4) is 0 Å². The fourth-order valence-corrected chi connectivity index (χ4v) is 0.564. The van der Waals surface area contributed by atoms with E-state index in [-0.39, 0.29) is 0 Å². The molecule has 0 aromatic rings. The van der Waals surface area contributed by atoms with Crippen LogP contribution in [0.5, 0.6) is 0 Å². The number of hydrogen-bond acceptors (Lipinski definition) is 4. The molecule has 0 heterocycles. The van der Waals surface area contributed by atoms with Gasteiger partial charge in [0, 0.05) is 6.08 Å². The Morgan fingerprint density at radius 3 is 2.38 bits per heavy atom. The molecule has 0 aliphatic carbocycles. The lowest BCUT2D eigenvalue weighted by atomic mass is 10.5. The van der Waals surface area contributed by atoms with Crippen molar-refractivity contribution in [3.8, 4) is 12.1 Å². The molecule has 0 aromatic heterocycles. The Hall–Kier alpha value is -0.580. The molecule has 0 atom stereocenters. The second-order valence-corrected chi connectivity index (χ2v) is 2.01. The van der Waals surface area contributed by atoms with Crippen LogP contribution in [0, 0.1) is 22.7 Å². The second-order valence-electron chi connectivity index (χ2n) is 0.841. The highest BCUT2D eigenvalue weighted by Gasteiger charge is 1.87. The van der Waals surface area contributed by atoms with E-state index in [0.717, 1.165) is 16.9 Å². The van der Waals surface area contributed by atoms with Crippen LogP contribution in [-0.4, -0.2) is 0 Å².